The zero-order valence-corrected chi connectivity index (χ0v) is 16.9. The molecule has 1 unspecified atom stereocenters. The van der Waals surface area contributed by atoms with Gasteiger partial charge >= 0.3 is 0 Å². The Labute approximate surface area is 166 Å². The highest BCUT2D eigenvalue weighted by Gasteiger charge is 2.24. The van der Waals surface area contributed by atoms with Gasteiger partial charge in [-0.3, -0.25) is 4.79 Å². The van der Waals surface area contributed by atoms with E-state index < -0.39 is 0 Å². The predicted octanol–water partition coefficient (Wildman–Crippen LogP) is 4.62. The van der Waals surface area contributed by atoms with Crippen molar-refractivity contribution in [1.29, 1.82) is 5.26 Å². The average Bonchev–Trinajstić information content (AvgIpc) is 3.11. The van der Waals surface area contributed by atoms with Gasteiger partial charge in [0.2, 0.25) is 5.91 Å². The Balaban J connectivity index is 2.09. The average molecular weight is 384 g/mol. The van der Waals surface area contributed by atoms with Crippen LogP contribution in [-0.4, -0.2) is 25.0 Å². The number of amides is 1. The van der Waals surface area contributed by atoms with E-state index in [9.17, 15) is 4.79 Å². The van der Waals surface area contributed by atoms with Crippen molar-refractivity contribution >= 4 is 23.2 Å². The molecule has 1 saturated heterocycles. The normalized spacial score (nSPS) is 17.8. The molecule has 1 aromatic carbocycles. The summed E-state index contributed by atoms with van der Waals surface area (Å²) in [6.07, 6.45) is 6.71. The van der Waals surface area contributed by atoms with Crippen molar-refractivity contribution in [3.63, 3.8) is 0 Å². The Morgan fingerprint density at radius 3 is 2.78 bits per heavy atom. The monoisotopic (exact) mass is 383 g/mol. The second kappa shape index (κ2) is 9.43. The highest BCUT2D eigenvalue weighted by molar-refractivity contribution is 6.32. The molecule has 2 rings (SSSR count). The van der Waals surface area contributed by atoms with E-state index in [0.29, 0.717) is 22.1 Å². The number of carbonyl (C=O) groups excluding carboxylic acids is 1. The predicted molar refractivity (Wildman–Crippen MR) is 112 cm³/mol. The summed E-state index contributed by atoms with van der Waals surface area (Å²) in [5.41, 5.74) is 3.31. The maximum absolute atomic E-state index is 12.0. The van der Waals surface area contributed by atoms with E-state index in [4.69, 9.17) is 16.9 Å². The second-order valence-corrected chi connectivity index (χ2v) is 7.46. The Morgan fingerprint density at radius 1 is 1.44 bits per heavy atom. The van der Waals surface area contributed by atoms with Crippen molar-refractivity contribution in [3.05, 3.63) is 64.7 Å². The minimum Gasteiger partial charge on any atom is -0.371 e. The van der Waals surface area contributed by atoms with Crippen LogP contribution in [0.3, 0.4) is 0 Å². The molecule has 0 radical (unpaired) electrons. The summed E-state index contributed by atoms with van der Waals surface area (Å²) in [6.45, 7) is 11.4. The van der Waals surface area contributed by atoms with Gasteiger partial charge in [0.1, 0.15) is 6.07 Å². The van der Waals surface area contributed by atoms with Gasteiger partial charge in [0.15, 0.2) is 0 Å². The molecule has 4 nitrogen and oxygen atoms in total. The van der Waals surface area contributed by atoms with Crippen LogP contribution in [0.25, 0.3) is 0 Å². The van der Waals surface area contributed by atoms with Crippen LogP contribution in [0.1, 0.15) is 32.8 Å². The van der Waals surface area contributed by atoms with Crippen molar-refractivity contribution < 1.29 is 4.79 Å². The number of benzene rings is 1. The first-order chi connectivity index (χ1) is 12.8. The lowest BCUT2D eigenvalue weighted by molar-refractivity contribution is -0.117. The van der Waals surface area contributed by atoms with Crippen LogP contribution in [0.4, 0.5) is 5.69 Å². The van der Waals surface area contributed by atoms with Gasteiger partial charge in [-0.2, -0.15) is 5.26 Å². The maximum atomic E-state index is 12.0. The summed E-state index contributed by atoms with van der Waals surface area (Å²) in [5.74, 6) is 0.291. The van der Waals surface area contributed by atoms with E-state index in [-0.39, 0.29) is 11.9 Å². The molecule has 1 aliphatic rings. The van der Waals surface area contributed by atoms with Crippen LogP contribution < -0.4 is 10.2 Å². The molecule has 142 valence electrons. The maximum Gasteiger partial charge on any atom is 0.247 e. The number of anilines is 1. The summed E-state index contributed by atoms with van der Waals surface area (Å²) < 4.78 is 0. The van der Waals surface area contributed by atoms with Crippen LogP contribution in [0, 0.1) is 17.2 Å². The van der Waals surface area contributed by atoms with Gasteiger partial charge in [-0.1, -0.05) is 36.4 Å². The van der Waals surface area contributed by atoms with E-state index in [1.165, 1.54) is 0 Å². The molecular formula is C22H26ClN3O. The first kappa shape index (κ1) is 20.8. The Kier molecular flexibility index (Phi) is 7.27. The third-order valence-electron chi connectivity index (χ3n) is 4.64. The minimum atomic E-state index is -0.0510. The molecule has 1 heterocycles. The zero-order valence-electron chi connectivity index (χ0n) is 16.1. The van der Waals surface area contributed by atoms with Gasteiger partial charge in [-0.05, 0) is 51.0 Å². The molecule has 1 aromatic rings. The van der Waals surface area contributed by atoms with Crippen LogP contribution >= 0.6 is 11.6 Å². The molecular weight excluding hydrogens is 358 g/mol. The van der Waals surface area contributed by atoms with Crippen LogP contribution in [0.2, 0.25) is 5.02 Å². The second-order valence-electron chi connectivity index (χ2n) is 7.06. The largest absolute Gasteiger partial charge is 0.371 e. The topological polar surface area (TPSA) is 56.1 Å². The number of rotatable bonds is 6. The molecule has 1 N–H and O–H groups in total. The molecule has 1 atom stereocenters. The van der Waals surface area contributed by atoms with E-state index in [2.05, 4.69) is 22.9 Å². The number of hydrogen-bond donors (Lipinski definition) is 1. The van der Waals surface area contributed by atoms with Gasteiger partial charge in [-0.15, -0.1) is 0 Å². The van der Waals surface area contributed by atoms with Crippen LogP contribution in [0.15, 0.2) is 54.2 Å². The fourth-order valence-corrected chi connectivity index (χ4v) is 3.32. The van der Waals surface area contributed by atoms with Gasteiger partial charge in [0.05, 0.1) is 10.6 Å². The van der Waals surface area contributed by atoms with Crippen molar-refractivity contribution in [1.82, 2.24) is 5.32 Å². The number of nitrogens with zero attached hydrogens (tertiary/aromatic N) is 2. The quantitative estimate of drug-likeness (QED) is 0.576. The van der Waals surface area contributed by atoms with Crippen LogP contribution in [-0.2, 0) is 4.79 Å². The van der Waals surface area contributed by atoms with E-state index in [0.717, 1.165) is 30.8 Å². The number of allylic oxidation sites excluding steroid dienone is 3. The standard InChI is InChI=1S/C22H26ClN3O/c1-5-17(7-6-16(4)22(27)25-15(2)3)19-10-11-26(14-19)20-9-8-18(13-24)21(23)12-20/h5-9,12,15,19H,1,10-11,14H2,2-4H3,(H,25,27)/b16-6+,17-7+. The summed E-state index contributed by atoms with van der Waals surface area (Å²) >= 11 is 6.16. The van der Waals surface area contributed by atoms with Crippen molar-refractivity contribution in [2.75, 3.05) is 18.0 Å². The molecule has 0 aromatic heterocycles. The molecule has 1 aliphatic heterocycles. The molecule has 0 saturated carbocycles. The molecule has 27 heavy (non-hydrogen) atoms. The van der Waals surface area contributed by atoms with Crippen molar-refractivity contribution in [3.8, 4) is 6.07 Å². The zero-order chi connectivity index (χ0) is 20.0. The number of hydrogen-bond acceptors (Lipinski definition) is 3. The Hall–Kier alpha value is -2.51. The fraction of sp³-hybridized carbons (Fsp3) is 0.364. The van der Waals surface area contributed by atoms with E-state index in [1.807, 2.05) is 51.1 Å². The first-order valence-corrected chi connectivity index (χ1v) is 9.49. The number of nitriles is 1. The van der Waals surface area contributed by atoms with Crippen molar-refractivity contribution in [2.45, 2.75) is 33.2 Å². The SMILES string of the molecule is C=C/C(=C\C=C(/C)C(=O)NC(C)C)C1CCN(c2ccc(C#N)c(Cl)c2)C1. The van der Waals surface area contributed by atoms with E-state index in [1.54, 1.807) is 6.07 Å². The minimum absolute atomic E-state index is 0.0510. The molecule has 0 aliphatic carbocycles. The first-order valence-electron chi connectivity index (χ1n) is 9.12. The van der Waals surface area contributed by atoms with Gasteiger partial charge in [0, 0.05) is 36.3 Å². The molecule has 0 bridgehead atoms. The lowest BCUT2D eigenvalue weighted by atomic mass is 9.97. The number of halogens is 1. The van der Waals surface area contributed by atoms with Crippen molar-refractivity contribution in [2.24, 2.45) is 5.92 Å². The highest BCUT2D eigenvalue weighted by atomic mass is 35.5. The van der Waals surface area contributed by atoms with Crippen LogP contribution in [0.5, 0.6) is 0 Å². The Bertz CT molecular complexity index is 817. The molecule has 0 spiro atoms. The third kappa shape index (κ3) is 5.48. The Morgan fingerprint density at radius 2 is 2.19 bits per heavy atom. The smallest absolute Gasteiger partial charge is 0.247 e. The molecule has 1 amide bonds. The number of carbonyl (C=O) groups is 1. The third-order valence-corrected chi connectivity index (χ3v) is 4.95. The highest BCUT2D eigenvalue weighted by Crippen LogP contribution is 2.31. The number of nitrogens with one attached hydrogen (secondary N) is 1. The molecule has 1 fully saturated rings. The summed E-state index contributed by atoms with van der Waals surface area (Å²) in [6, 6.07) is 7.74. The van der Waals surface area contributed by atoms with Gasteiger partial charge in [-0.25, -0.2) is 0 Å². The van der Waals surface area contributed by atoms with E-state index >= 15 is 0 Å². The van der Waals surface area contributed by atoms with Gasteiger partial charge < -0.3 is 10.2 Å². The summed E-state index contributed by atoms with van der Waals surface area (Å²) in [4.78, 5) is 14.3. The molecule has 5 heteroatoms. The van der Waals surface area contributed by atoms with Gasteiger partial charge in [0.25, 0.3) is 0 Å². The fourth-order valence-electron chi connectivity index (χ4n) is 3.10. The summed E-state index contributed by atoms with van der Waals surface area (Å²) in [7, 11) is 0. The lowest BCUT2D eigenvalue weighted by Gasteiger charge is -2.19. The summed E-state index contributed by atoms with van der Waals surface area (Å²) in [5, 5.41) is 12.4. The lowest BCUT2D eigenvalue weighted by Crippen LogP contribution is -2.30.